The number of hydrogen-bond acceptors (Lipinski definition) is 6. The standard InChI is InChI=1S/C21H30O6/c1-3-4-5-6-9-17-11-13-18(14-12-17)20(22)25-27-26-21(23)24-19-10-7-8-16(2)15-19/h11-14,16,19H,3-10,15H2,1-2H3. The van der Waals surface area contributed by atoms with Crippen LogP contribution in [0.25, 0.3) is 0 Å². The highest BCUT2D eigenvalue weighted by atomic mass is 17.5. The molecule has 150 valence electrons. The van der Waals surface area contributed by atoms with Gasteiger partial charge in [0.05, 0.1) is 10.6 Å². The van der Waals surface area contributed by atoms with Gasteiger partial charge in [-0.3, -0.25) is 4.89 Å². The number of benzene rings is 1. The second-order valence-corrected chi connectivity index (χ2v) is 7.29. The Labute approximate surface area is 161 Å². The summed E-state index contributed by atoms with van der Waals surface area (Å²) in [6.07, 6.45) is 8.38. The van der Waals surface area contributed by atoms with Crippen LogP contribution in [0, 0.1) is 5.92 Å². The Bertz CT molecular complexity index is 583. The van der Waals surface area contributed by atoms with Crippen molar-refractivity contribution in [3.8, 4) is 0 Å². The minimum Gasteiger partial charge on any atom is -0.429 e. The molecule has 0 radical (unpaired) electrons. The van der Waals surface area contributed by atoms with E-state index in [1.54, 1.807) is 12.1 Å². The zero-order valence-corrected chi connectivity index (χ0v) is 16.3. The fourth-order valence-corrected chi connectivity index (χ4v) is 3.33. The molecule has 1 aliphatic rings. The van der Waals surface area contributed by atoms with Crippen molar-refractivity contribution in [3.05, 3.63) is 35.4 Å². The molecule has 0 aliphatic heterocycles. The Morgan fingerprint density at radius 2 is 1.81 bits per heavy atom. The first-order chi connectivity index (χ1) is 13.1. The van der Waals surface area contributed by atoms with Gasteiger partial charge in [0.25, 0.3) is 0 Å². The number of ether oxygens (including phenoxy) is 1. The van der Waals surface area contributed by atoms with Crippen LogP contribution >= 0.6 is 0 Å². The van der Waals surface area contributed by atoms with Crippen LogP contribution in [0.4, 0.5) is 4.79 Å². The van der Waals surface area contributed by atoms with E-state index in [0.717, 1.165) is 38.5 Å². The Hall–Kier alpha value is -2.08. The Morgan fingerprint density at radius 3 is 2.52 bits per heavy atom. The summed E-state index contributed by atoms with van der Waals surface area (Å²) in [5.74, 6) is -0.212. The molecule has 6 heteroatoms. The van der Waals surface area contributed by atoms with Crippen LogP contribution < -0.4 is 0 Å². The Morgan fingerprint density at radius 1 is 1.04 bits per heavy atom. The monoisotopic (exact) mass is 378 g/mol. The van der Waals surface area contributed by atoms with E-state index in [1.165, 1.54) is 24.8 Å². The SMILES string of the molecule is CCCCCCc1ccc(C(=O)OOOC(=O)OC2CCCC(C)C2)cc1. The van der Waals surface area contributed by atoms with E-state index in [4.69, 9.17) is 4.74 Å². The molecule has 0 spiro atoms. The van der Waals surface area contributed by atoms with Gasteiger partial charge in [-0.2, -0.15) is 0 Å². The predicted octanol–water partition coefficient (Wildman–Crippen LogP) is 5.54. The first-order valence-corrected chi connectivity index (χ1v) is 9.93. The van der Waals surface area contributed by atoms with Gasteiger partial charge >= 0.3 is 12.1 Å². The molecule has 1 aliphatic carbocycles. The van der Waals surface area contributed by atoms with Gasteiger partial charge in [-0.05, 0) is 55.7 Å². The average Bonchev–Trinajstić information content (AvgIpc) is 2.65. The number of aryl methyl sites for hydroxylation is 1. The number of rotatable bonds is 9. The van der Waals surface area contributed by atoms with Gasteiger partial charge in [0.15, 0.2) is 0 Å². The van der Waals surface area contributed by atoms with Gasteiger partial charge in [-0.25, -0.2) is 14.5 Å². The lowest BCUT2D eigenvalue weighted by molar-refractivity contribution is -0.453. The lowest BCUT2D eigenvalue weighted by Crippen LogP contribution is -2.25. The van der Waals surface area contributed by atoms with E-state index >= 15 is 0 Å². The van der Waals surface area contributed by atoms with Crippen LogP contribution in [0.3, 0.4) is 0 Å². The number of unbranched alkanes of at least 4 members (excludes halogenated alkanes) is 3. The Balaban J connectivity index is 1.65. The van der Waals surface area contributed by atoms with Crippen LogP contribution in [0.5, 0.6) is 0 Å². The van der Waals surface area contributed by atoms with Crippen molar-refractivity contribution in [1.82, 2.24) is 0 Å². The zero-order chi connectivity index (χ0) is 19.5. The van der Waals surface area contributed by atoms with E-state index in [1.807, 2.05) is 12.1 Å². The molecule has 0 N–H and O–H groups in total. The van der Waals surface area contributed by atoms with Gasteiger partial charge < -0.3 is 4.74 Å². The second kappa shape index (κ2) is 11.6. The summed E-state index contributed by atoms with van der Waals surface area (Å²) in [7, 11) is 0. The third-order valence-corrected chi connectivity index (χ3v) is 4.87. The fraction of sp³-hybridized carbons (Fsp3) is 0.619. The molecule has 2 rings (SSSR count). The average molecular weight is 378 g/mol. The summed E-state index contributed by atoms with van der Waals surface area (Å²) >= 11 is 0. The minimum atomic E-state index is -0.996. The van der Waals surface area contributed by atoms with Crippen LogP contribution in [0.15, 0.2) is 24.3 Å². The molecule has 1 saturated carbocycles. The molecule has 27 heavy (non-hydrogen) atoms. The summed E-state index contributed by atoms with van der Waals surface area (Å²) in [5, 5.41) is 4.28. The molecule has 6 nitrogen and oxygen atoms in total. The molecule has 0 aromatic heterocycles. The normalized spacial score (nSPS) is 19.3. The van der Waals surface area contributed by atoms with Gasteiger partial charge in [0.2, 0.25) is 0 Å². The Kier molecular flexibility index (Phi) is 9.11. The second-order valence-electron chi connectivity index (χ2n) is 7.29. The maximum absolute atomic E-state index is 11.9. The van der Waals surface area contributed by atoms with Crippen LogP contribution in [-0.2, 0) is 26.0 Å². The van der Waals surface area contributed by atoms with E-state index in [9.17, 15) is 9.59 Å². The molecule has 1 fully saturated rings. The topological polar surface area (TPSA) is 71.1 Å². The quantitative estimate of drug-likeness (QED) is 0.243. The van der Waals surface area contributed by atoms with Crippen LogP contribution in [0.2, 0.25) is 0 Å². The molecule has 1 aromatic rings. The summed E-state index contributed by atoms with van der Waals surface area (Å²) in [4.78, 5) is 32.3. The molecular formula is C21H30O6. The molecule has 0 amide bonds. The lowest BCUT2D eigenvalue weighted by Gasteiger charge is -2.25. The maximum atomic E-state index is 11.9. The van der Waals surface area contributed by atoms with E-state index in [-0.39, 0.29) is 6.10 Å². The van der Waals surface area contributed by atoms with Crippen LogP contribution in [-0.4, -0.2) is 18.2 Å². The molecule has 2 unspecified atom stereocenters. The summed E-state index contributed by atoms with van der Waals surface area (Å²) < 4.78 is 5.14. The van der Waals surface area contributed by atoms with Gasteiger partial charge in [-0.15, -0.1) is 0 Å². The smallest absolute Gasteiger partial charge is 0.429 e. The molecule has 0 bridgehead atoms. The highest BCUT2D eigenvalue weighted by molar-refractivity contribution is 5.88. The van der Waals surface area contributed by atoms with Crippen molar-refractivity contribution in [3.63, 3.8) is 0 Å². The molecule has 0 saturated heterocycles. The summed E-state index contributed by atoms with van der Waals surface area (Å²) in [5.41, 5.74) is 1.50. The lowest BCUT2D eigenvalue weighted by atomic mass is 9.89. The summed E-state index contributed by atoms with van der Waals surface area (Å²) in [6.45, 7) is 4.30. The summed E-state index contributed by atoms with van der Waals surface area (Å²) in [6, 6.07) is 7.12. The predicted molar refractivity (Wildman–Crippen MR) is 99.8 cm³/mol. The third-order valence-electron chi connectivity index (χ3n) is 4.87. The van der Waals surface area contributed by atoms with Crippen molar-refractivity contribution in [2.75, 3.05) is 0 Å². The molecule has 1 aromatic carbocycles. The highest BCUT2D eigenvalue weighted by Crippen LogP contribution is 2.25. The van der Waals surface area contributed by atoms with Gasteiger partial charge in [0, 0.05) is 0 Å². The van der Waals surface area contributed by atoms with Gasteiger partial charge in [0.1, 0.15) is 6.10 Å². The van der Waals surface area contributed by atoms with Crippen molar-refractivity contribution in [2.24, 2.45) is 5.92 Å². The zero-order valence-electron chi connectivity index (χ0n) is 16.3. The van der Waals surface area contributed by atoms with Crippen molar-refractivity contribution in [1.29, 1.82) is 0 Å². The van der Waals surface area contributed by atoms with E-state index in [0.29, 0.717) is 11.5 Å². The highest BCUT2D eigenvalue weighted by Gasteiger charge is 2.23. The van der Waals surface area contributed by atoms with Crippen molar-refractivity contribution in [2.45, 2.75) is 77.7 Å². The first kappa shape index (κ1) is 21.2. The van der Waals surface area contributed by atoms with Crippen LogP contribution in [0.1, 0.15) is 81.1 Å². The number of carbonyl (C=O) groups excluding carboxylic acids is 2. The minimum absolute atomic E-state index is 0.176. The van der Waals surface area contributed by atoms with Crippen molar-refractivity contribution >= 4 is 12.1 Å². The maximum Gasteiger partial charge on any atom is 0.543 e. The first-order valence-electron chi connectivity index (χ1n) is 9.93. The molecule has 2 atom stereocenters. The third kappa shape index (κ3) is 7.99. The van der Waals surface area contributed by atoms with Gasteiger partial charge in [-0.1, -0.05) is 51.7 Å². The van der Waals surface area contributed by atoms with E-state index < -0.39 is 12.1 Å². The number of carbonyl (C=O) groups is 2. The van der Waals surface area contributed by atoms with Crippen molar-refractivity contribution < 1.29 is 29.1 Å². The molecule has 0 heterocycles. The molecular weight excluding hydrogens is 348 g/mol. The largest absolute Gasteiger partial charge is 0.543 e. The van der Waals surface area contributed by atoms with E-state index in [2.05, 4.69) is 28.7 Å². The fourth-order valence-electron chi connectivity index (χ4n) is 3.33. The number of hydrogen-bond donors (Lipinski definition) is 0.